The standard InChI is InChI=1S/C21H31N3O4/c1-15(17-11-10-16-7-4-5-8-18(16)13-17)24-19(25)14-28-20(26)9-3-2-6-12-23-21(22)27/h10-11,13,15H,2-9,12,14H2,1H3,(H,24,25)(H3,22,23,27)/t15-/m0/s1. The van der Waals surface area contributed by atoms with Gasteiger partial charge in [-0.1, -0.05) is 24.6 Å². The second-order valence-corrected chi connectivity index (χ2v) is 7.29. The molecule has 0 fully saturated rings. The molecular weight excluding hydrogens is 358 g/mol. The number of carbonyl (C=O) groups is 3. The largest absolute Gasteiger partial charge is 0.456 e. The fraction of sp³-hybridized carbons (Fsp3) is 0.571. The van der Waals surface area contributed by atoms with Crippen LogP contribution >= 0.6 is 0 Å². The number of nitrogens with two attached hydrogens (primary N) is 1. The first-order valence-corrected chi connectivity index (χ1v) is 10.1. The number of esters is 1. The molecule has 7 heteroatoms. The lowest BCUT2D eigenvalue weighted by Gasteiger charge is -2.20. The summed E-state index contributed by atoms with van der Waals surface area (Å²) in [5.41, 5.74) is 8.82. The molecule has 3 amide bonds. The van der Waals surface area contributed by atoms with Crippen LogP contribution < -0.4 is 16.4 Å². The topological polar surface area (TPSA) is 111 Å². The van der Waals surface area contributed by atoms with Gasteiger partial charge in [0.2, 0.25) is 0 Å². The highest BCUT2D eigenvalue weighted by Crippen LogP contribution is 2.24. The van der Waals surface area contributed by atoms with E-state index in [1.165, 1.54) is 24.0 Å². The van der Waals surface area contributed by atoms with Gasteiger partial charge in [0.05, 0.1) is 6.04 Å². The van der Waals surface area contributed by atoms with E-state index in [4.69, 9.17) is 10.5 Å². The molecule has 0 saturated carbocycles. The van der Waals surface area contributed by atoms with E-state index in [0.29, 0.717) is 13.0 Å². The molecule has 0 unspecified atom stereocenters. The second kappa shape index (κ2) is 11.3. The Hall–Kier alpha value is -2.57. The number of aryl methyl sites for hydroxylation is 2. The molecule has 154 valence electrons. The minimum Gasteiger partial charge on any atom is -0.456 e. The zero-order chi connectivity index (χ0) is 20.4. The first-order chi connectivity index (χ1) is 13.5. The molecule has 0 aromatic heterocycles. The van der Waals surface area contributed by atoms with Crippen LogP contribution in [0.3, 0.4) is 0 Å². The molecule has 2 rings (SSSR count). The van der Waals surface area contributed by atoms with Gasteiger partial charge >= 0.3 is 12.0 Å². The maximum Gasteiger partial charge on any atom is 0.312 e. The van der Waals surface area contributed by atoms with Gasteiger partial charge in [-0.15, -0.1) is 0 Å². The van der Waals surface area contributed by atoms with Gasteiger partial charge < -0.3 is 21.1 Å². The number of nitrogens with one attached hydrogen (secondary N) is 2. The summed E-state index contributed by atoms with van der Waals surface area (Å²) in [6, 6.07) is 5.73. The van der Waals surface area contributed by atoms with Crippen molar-refractivity contribution in [2.45, 2.75) is 64.3 Å². The normalized spacial score (nSPS) is 13.9. The SMILES string of the molecule is C[C@H](NC(=O)COC(=O)CCCCCNC(N)=O)c1ccc2c(c1)CCCC2. The van der Waals surface area contributed by atoms with Crippen LogP contribution in [0.25, 0.3) is 0 Å². The van der Waals surface area contributed by atoms with Gasteiger partial charge in [-0.2, -0.15) is 0 Å². The van der Waals surface area contributed by atoms with Gasteiger partial charge in [0.1, 0.15) is 0 Å². The van der Waals surface area contributed by atoms with E-state index in [9.17, 15) is 14.4 Å². The third-order valence-electron chi connectivity index (χ3n) is 4.97. The monoisotopic (exact) mass is 389 g/mol. The zero-order valence-corrected chi connectivity index (χ0v) is 16.6. The fourth-order valence-electron chi connectivity index (χ4n) is 3.39. The summed E-state index contributed by atoms with van der Waals surface area (Å²) in [6.45, 7) is 2.16. The number of unbranched alkanes of at least 4 members (excludes halogenated alkanes) is 2. The summed E-state index contributed by atoms with van der Waals surface area (Å²) in [6.07, 6.45) is 7.11. The van der Waals surface area contributed by atoms with Gasteiger partial charge in [0.25, 0.3) is 5.91 Å². The maximum absolute atomic E-state index is 12.1. The van der Waals surface area contributed by atoms with E-state index in [1.807, 2.05) is 6.92 Å². The zero-order valence-electron chi connectivity index (χ0n) is 16.6. The Morgan fingerprint density at radius 2 is 1.86 bits per heavy atom. The van der Waals surface area contributed by atoms with E-state index >= 15 is 0 Å². The average Bonchev–Trinajstić information content (AvgIpc) is 2.68. The molecule has 0 bridgehead atoms. The molecule has 0 aliphatic heterocycles. The minimum atomic E-state index is -0.546. The van der Waals surface area contributed by atoms with Crippen molar-refractivity contribution in [1.82, 2.24) is 10.6 Å². The van der Waals surface area contributed by atoms with Crippen molar-refractivity contribution in [2.75, 3.05) is 13.2 Å². The molecule has 1 aliphatic rings. The molecule has 4 N–H and O–H groups in total. The average molecular weight is 389 g/mol. The molecule has 7 nitrogen and oxygen atoms in total. The highest BCUT2D eigenvalue weighted by atomic mass is 16.5. The van der Waals surface area contributed by atoms with Crippen molar-refractivity contribution >= 4 is 17.9 Å². The first kappa shape index (κ1) is 21.7. The molecule has 1 aromatic carbocycles. The summed E-state index contributed by atoms with van der Waals surface area (Å²) in [4.78, 5) is 34.3. The van der Waals surface area contributed by atoms with E-state index in [-0.39, 0.29) is 30.9 Å². The predicted octanol–water partition coefficient (Wildman–Crippen LogP) is 2.51. The molecule has 0 heterocycles. The molecular formula is C21H31N3O4. The number of urea groups is 1. The third kappa shape index (κ3) is 7.58. The number of benzene rings is 1. The van der Waals surface area contributed by atoms with Gasteiger partial charge in [0.15, 0.2) is 6.61 Å². The minimum absolute atomic E-state index is 0.129. The van der Waals surface area contributed by atoms with Crippen LogP contribution in [0.4, 0.5) is 4.79 Å². The van der Waals surface area contributed by atoms with Crippen molar-refractivity contribution in [2.24, 2.45) is 5.73 Å². The summed E-state index contributed by atoms with van der Waals surface area (Å²) in [5, 5.41) is 5.38. The lowest BCUT2D eigenvalue weighted by molar-refractivity contribution is -0.148. The first-order valence-electron chi connectivity index (χ1n) is 10.1. The van der Waals surface area contributed by atoms with Crippen LogP contribution in [0.2, 0.25) is 0 Å². The summed E-state index contributed by atoms with van der Waals surface area (Å²) >= 11 is 0. The number of primary amides is 1. The summed E-state index contributed by atoms with van der Waals surface area (Å²) in [7, 11) is 0. The lowest BCUT2D eigenvalue weighted by atomic mass is 9.89. The number of ether oxygens (including phenoxy) is 1. The van der Waals surface area contributed by atoms with Crippen molar-refractivity contribution in [1.29, 1.82) is 0 Å². The smallest absolute Gasteiger partial charge is 0.312 e. The van der Waals surface area contributed by atoms with E-state index in [2.05, 4.69) is 28.8 Å². The van der Waals surface area contributed by atoms with Crippen LogP contribution in [-0.4, -0.2) is 31.1 Å². The third-order valence-corrected chi connectivity index (χ3v) is 4.97. The predicted molar refractivity (Wildman–Crippen MR) is 107 cm³/mol. The van der Waals surface area contributed by atoms with Crippen LogP contribution in [0, 0.1) is 0 Å². The Morgan fingerprint density at radius 3 is 2.61 bits per heavy atom. The number of amides is 3. The molecule has 28 heavy (non-hydrogen) atoms. The molecule has 1 aromatic rings. The summed E-state index contributed by atoms with van der Waals surface area (Å²) in [5.74, 6) is -0.691. The van der Waals surface area contributed by atoms with E-state index in [0.717, 1.165) is 31.2 Å². The molecule has 0 spiro atoms. The number of carbonyl (C=O) groups excluding carboxylic acids is 3. The van der Waals surface area contributed by atoms with Gasteiger partial charge in [-0.05, 0) is 62.1 Å². The lowest BCUT2D eigenvalue weighted by Crippen LogP contribution is -2.31. The van der Waals surface area contributed by atoms with E-state index in [1.54, 1.807) is 0 Å². The van der Waals surface area contributed by atoms with Gasteiger partial charge in [0, 0.05) is 13.0 Å². The molecule has 1 aliphatic carbocycles. The number of fused-ring (bicyclic) bond motifs is 1. The Labute approximate surface area is 166 Å². The van der Waals surface area contributed by atoms with Crippen molar-refractivity contribution in [3.05, 3.63) is 34.9 Å². The molecule has 1 atom stereocenters. The Bertz CT molecular complexity index is 690. The van der Waals surface area contributed by atoms with Crippen LogP contribution in [0.5, 0.6) is 0 Å². The Balaban J connectivity index is 1.63. The molecule has 0 radical (unpaired) electrons. The quantitative estimate of drug-likeness (QED) is 0.422. The number of hydrogen-bond acceptors (Lipinski definition) is 4. The van der Waals surface area contributed by atoms with Crippen LogP contribution in [0.1, 0.15) is 68.2 Å². The number of rotatable bonds is 10. The van der Waals surface area contributed by atoms with Crippen molar-refractivity contribution in [3.8, 4) is 0 Å². The van der Waals surface area contributed by atoms with E-state index < -0.39 is 6.03 Å². The van der Waals surface area contributed by atoms with Crippen molar-refractivity contribution < 1.29 is 19.1 Å². The Morgan fingerprint density at radius 1 is 1.11 bits per heavy atom. The van der Waals surface area contributed by atoms with Gasteiger partial charge in [-0.25, -0.2) is 4.79 Å². The highest BCUT2D eigenvalue weighted by Gasteiger charge is 2.15. The summed E-state index contributed by atoms with van der Waals surface area (Å²) < 4.78 is 5.04. The van der Waals surface area contributed by atoms with Crippen LogP contribution in [-0.2, 0) is 27.2 Å². The van der Waals surface area contributed by atoms with Crippen LogP contribution in [0.15, 0.2) is 18.2 Å². The van der Waals surface area contributed by atoms with Gasteiger partial charge in [-0.3, -0.25) is 9.59 Å². The number of hydrogen-bond donors (Lipinski definition) is 3. The highest BCUT2D eigenvalue weighted by molar-refractivity contribution is 5.80. The Kier molecular flexibility index (Phi) is 8.78. The fourth-order valence-corrected chi connectivity index (χ4v) is 3.39. The molecule has 0 saturated heterocycles. The second-order valence-electron chi connectivity index (χ2n) is 7.29. The maximum atomic E-state index is 12.1. The van der Waals surface area contributed by atoms with Crippen molar-refractivity contribution in [3.63, 3.8) is 0 Å².